The molecule has 31 heavy (non-hydrogen) atoms. The Bertz CT molecular complexity index is 1210. The van der Waals surface area contributed by atoms with Crippen molar-refractivity contribution >= 4 is 10.0 Å². The number of hydrogen-bond donors (Lipinski definition) is 1. The molecule has 0 fully saturated rings. The van der Waals surface area contributed by atoms with Crippen LogP contribution in [0.5, 0.6) is 0 Å². The first-order chi connectivity index (χ1) is 15.1. The lowest BCUT2D eigenvalue weighted by atomic mass is 10.1. The van der Waals surface area contributed by atoms with Crippen LogP contribution in [0.4, 0.5) is 0 Å². The Morgan fingerprint density at radius 3 is 1.97 bits per heavy atom. The third-order valence-corrected chi connectivity index (χ3v) is 6.30. The van der Waals surface area contributed by atoms with Gasteiger partial charge in [0.15, 0.2) is 5.76 Å². The van der Waals surface area contributed by atoms with Crippen molar-refractivity contribution in [2.75, 3.05) is 6.54 Å². The molecule has 0 unspecified atom stereocenters. The maximum Gasteiger partial charge on any atom is 0.262 e. The Balaban J connectivity index is 1.51. The zero-order valence-corrected chi connectivity index (χ0v) is 17.9. The number of aromatic nitrogens is 1. The number of nitrogens with zero attached hydrogens (tertiary/aromatic N) is 1. The van der Waals surface area contributed by atoms with Crippen molar-refractivity contribution in [1.29, 1.82) is 0 Å². The molecule has 0 atom stereocenters. The minimum atomic E-state index is -3.83. The van der Waals surface area contributed by atoms with E-state index >= 15 is 0 Å². The highest BCUT2D eigenvalue weighted by Crippen LogP contribution is 2.32. The summed E-state index contributed by atoms with van der Waals surface area (Å²) >= 11 is 0. The Hall–Kier alpha value is -3.22. The molecule has 0 aliphatic heterocycles. The van der Waals surface area contributed by atoms with E-state index in [0.29, 0.717) is 12.1 Å². The summed E-state index contributed by atoms with van der Waals surface area (Å²) in [6, 6.07) is 28.6. The molecule has 6 heteroatoms. The van der Waals surface area contributed by atoms with Gasteiger partial charge in [0.25, 0.3) is 10.0 Å². The lowest BCUT2D eigenvalue weighted by Gasteiger charge is -2.06. The summed E-state index contributed by atoms with van der Waals surface area (Å²) < 4.78 is 34.8. The van der Waals surface area contributed by atoms with E-state index in [4.69, 9.17) is 4.42 Å². The number of rotatable bonds is 9. The monoisotopic (exact) mass is 432 g/mol. The zero-order chi connectivity index (χ0) is 21.5. The molecule has 4 rings (SSSR count). The van der Waals surface area contributed by atoms with Gasteiger partial charge in [0.1, 0.15) is 0 Å². The highest BCUT2D eigenvalue weighted by molar-refractivity contribution is 7.89. The van der Waals surface area contributed by atoms with E-state index in [0.717, 1.165) is 24.8 Å². The van der Waals surface area contributed by atoms with Gasteiger partial charge in [0.05, 0.1) is 0 Å². The molecule has 0 saturated heterocycles. The lowest BCUT2D eigenvalue weighted by molar-refractivity contribution is 0.568. The largest absolute Gasteiger partial charge is 0.435 e. The second-order valence-corrected chi connectivity index (χ2v) is 8.91. The van der Waals surface area contributed by atoms with Crippen LogP contribution < -0.4 is 4.72 Å². The van der Waals surface area contributed by atoms with Crippen molar-refractivity contribution < 1.29 is 12.8 Å². The van der Waals surface area contributed by atoms with E-state index in [1.165, 1.54) is 5.56 Å². The molecule has 1 aromatic heterocycles. The summed E-state index contributed by atoms with van der Waals surface area (Å²) in [7, 11) is -3.83. The minimum Gasteiger partial charge on any atom is -0.435 e. The zero-order valence-electron chi connectivity index (χ0n) is 17.1. The molecule has 0 aliphatic carbocycles. The van der Waals surface area contributed by atoms with Gasteiger partial charge in [-0.25, -0.2) is 13.1 Å². The predicted molar refractivity (Wildman–Crippen MR) is 122 cm³/mol. The standard InChI is InChI=1S/C25H24N2O3S/c28-31(29,26-19-11-10-14-20-12-4-1-5-13-20)25-23(21-15-6-2-7-16-21)30-24(27-25)22-17-8-3-9-18-22/h1-9,12-13,15-18,26H,10-11,14,19H2. The molecule has 4 aromatic rings. The first-order valence-corrected chi connectivity index (χ1v) is 11.8. The molecule has 1 N–H and O–H groups in total. The van der Waals surface area contributed by atoms with Gasteiger partial charge in [-0.15, -0.1) is 0 Å². The second-order valence-electron chi connectivity index (χ2n) is 7.23. The summed E-state index contributed by atoms with van der Waals surface area (Å²) in [5.74, 6) is 0.528. The van der Waals surface area contributed by atoms with Gasteiger partial charge in [-0.2, -0.15) is 4.98 Å². The number of oxazole rings is 1. The highest BCUT2D eigenvalue weighted by Gasteiger charge is 2.27. The van der Waals surface area contributed by atoms with Crippen molar-refractivity contribution in [2.24, 2.45) is 0 Å². The Morgan fingerprint density at radius 2 is 1.32 bits per heavy atom. The van der Waals surface area contributed by atoms with Crippen LogP contribution in [-0.2, 0) is 16.4 Å². The van der Waals surface area contributed by atoms with Gasteiger partial charge < -0.3 is 4.42 Å². The quantitative estimate of drug-likeness (QED) is 0.364. The molecule has 0 spiro atoms. The van der Waals surface area contributed by atoms with Gasteiger partial charge in [-0.3, -0.25) is 0 Å². The molecular weight excluding hydrogens is 408 g/mol. The average Bonchev–Trinajstić information content (AvgIpc) is 3.27. The first-order valence-electron chi connectivity index (χ1n) is 10.3. The van der Waals surface area contributed by atoms with Crippen LogP contribution in [0.15, 0.2) is 100 Å². The number of nitrogens with one attached hydrogen (secondary N) is 1. The van der Waals surface area contributed by atoms with Crippen molar-refractivity contribution in [3.63, 3.8) is 0 Å². The molecule has 1 heterocycles. The maximum atomic E-state index is 13.1. The van der Waals surface area contributed by atoms with Gasteiger partial charge in [0, 0.05) is 17.7 Å². The van der Waals surface area contributed by atoms with Crippen LogP contribution in [0.25, 0.3) is 22.8 Å². The van der Waals surface area contributed by atoms with Crippen LogP contribution in [0.1, 0.15) is 18.4 Å². The smallest absolute Gasteiger partial charge is 0.262 e. The SMILES string of the molecule is O=S(=O)(NCCCCc1ccccc1)c1nc(-c2ccccc2)oc1-c1ccccc1. The Labute approximate surface area is 182 Å². The summed E-state index contributed by atoms with van der Waals surface area (Å²) in [5.41, 5.74) is 2.64. The molecule has 0 aliphatic rings. The fourth-order valence-electron chi connectivity index (χ4n) is 3.34. The maximum absolute atomic E-state index is 13.1. The van der Waals surface area contributed by atoms with Crippen LogP contribution in [0, 0.1) is 0 Å². The number of unbranched alkanes of at least 4 members (excludes halogenated alkanes) is 1. The third kappa shape index (κ3) is 5.29. The van der Waals surface area contributed by atoms with Gasteiger partial charge in [0.2, 0.25) is 10.9 Å². The molecule has 0 radical (unpaired) electrons. The highest BCUT2D eigenvalue weighted by atomic mass is 32.2. The Morgan fingerprint density at radius 1 is 0.742 bits per heavy atom. The molecule has 158 valence electrons. The molecule has 3 aromatic carbocycles. The van der Waals surface area contributed by atoms with Crippen molar-refractivity contribution in [3.05, 3.63) is 96.6 Å². The van der Waals surface area contributed by atoms with Crippen LogP contribution in [0.3, 0.4) is 0 Å². The van der Waals surface area contributed by atoms with Gasteiger partial charge in [-0.1, -0.05) is 78.9 Å². The van der Waals surface area contributed by atoms with Crippen molar-refractivity contribution in [1.82, 2.24) is 9.71 Å². The van der Waals surface area contributed by atoms with Crippen molar-refractivity contribution in [2.45, 2.75) is 24.3 Å². The van der Waals surface area contributed by atoms with E-state index in [-0.39, 0.29) is 16.7 Å². The van der Waals surface area contributed by atoms with Crippen molar-refractivity contribution in [3.8, 4) is 22.8 Å². The topological polar surface area (TPSA) is 72.2 Å². The summed E-state index contributed by atoms with van der Waals surface area (Å²) in [4.78, 5) is 4.36. The number of hydrogen-bond acceptors (Lipinski definition) is 4. The second kappa shape index (κ2) is 9.73. The normalized spacial score (nSPS) is 11.5. The van der Waals surface area contributed by atoms with Crippen LogP contribution in [-0.4, -0.2) is 19.9 Å². The third-order valence-electron chi connectivity index (χ3n) is 4.93. The summed E-state index contributed by atoms with van der Waals surface area (Å²) in [6.45, 7) is 0.344. The first kappa shape index (κ1) is 21.0. The summed E-state index contributed by atoms with van der Waals surface area (Å²) in [5, 5.41) is -0.0828. The minimum absolute atomic E-state index is 0.0828. The van der Waals surface area contributed by atoms with Gasteiger partial charge >= 0.3 is 0 Å². The van der Waals surface area contributed by atoms with Crippen LogP contribution >= 0.6 is 0 Å². The van der Waals surface area contributed by atoms with Crippen LogP contribution in [0.2, 0.25) is 0 Å². The average molecular weight is 433 g/mol. The number of sulfonamides is 1. The summed E-state index contributed by atoms with van der Waals surface area (Å²) in [6.07, 6.45) is 2.55. The Kier molecular flexibility index (Phi) is 6.60. The predicted octanol–water partition coefficient (Wildman–Crippen LogP) is 5.31. The van der Waals surface area contributed by atoms with E-state index in [1.54, 1.807) is 0 Å². The van der Waals surface area contributed by atoms with E-state index in [9.17, 15) is 8.42 Å². The van der Waals surface area contributed by atoms with E-state index in [1.807, 2.05) is 78.9 Å². The number of aryl methyl sites for hydroxylation is 1. The van der Waals surface area contributed by atoms with Gasteiger partial charge in [-0.05, 0) is 37.0 Å². The van der Waals surface area contributed by atoms with E-state index < -0.39 is 10.0 Å². The lowest BCUT2D eigenvalue weighted by Crippen LogP contribution is -2.25. The fraction of sp³-hybridized carbons (Fsp3) is 0.160. The molecule has 0 amide bonds. The number of benzene rings is 3. The van der Waals surface area contributed by atoms with E-state index in [2.05, 4.69) is 21.8 Å². The molecule has 0 saturated carbocycles. The molecular formula is C25H24N2O3S. The molecule has 5 nitrogen and oxygen atoms in total. The fourth-order valence-corrected chi connectivity index (χ4v) is 4.49. The molecule has 0 bridgehead atoms.